The molecule has 2 heterocycles. The minimum absolute atomic E-state index is 0.702. The molecular formula is C16H18N3O+. The summed E-state index contributed by atoms with van der Waals surface area (Å²) < 4.78 is 5.24. The van der Waals surface area contributed by atoms with E-state index in [9.17, 15) is 5.26 Å². The predicted octanol–water partition coefficient (Wildman–Crippen LogP) is 2.52. The lowest BCUT2D eigenvalue weighted by Gasteiger charge is -2.21. The zero-order chi connectivity index (χ0) is 13.9. The van der Waals surface area contributed by atoms with Gasteiger partial charge < -0.3 is 4.74 Å². The van der Waals surface area contributed by atoms with Crippen LogP contribution < -0.4 is 14.6 Å². The molecule has 4 nitrogen and oxygen atoms in total. The van der Waals surface area contributed by atoms with Crippen molar-refractivity contribution in [1.82, 2.24) is 0 Å². The number of methoxy groups -OCH3 is 1. The summed E-state index contributed by atoms with van der Waals surface area (Å²) >= 11 is 0. The van der Waals surface area contributed by atoms with E-state index in [-0.39, 0.29) is 0 Å². The Hall–Kier alpha value is -2.28. The highest BCUT2D eigenvalue weighted by Gasteiger charge is 2.23. The van der Waals surface area contributed by atoms with Crippen molar-refractivity contribution in [2.24, 2.45) is 0 Å². The Morgan fingerprint density at radius 3 is 2.70 bits per heavy atom. The van der Waals surface area contributed by atoms with E-state index in [2.05, 4.69) is 16.0 Å². The summed E-state index contributed by atoms with van der Waals surface area (Å²) in [4.78, 5) is 5.70. The molecule has 0 saturated carbocycles. The second-order valence-corrected chi connectivity index (χ2v) is 5.14. The predicted molar refractivity (Wildman–Crippen MR) is 77.8 cm³/mol. The highest BCUT2D eigenvalue weighted by atomic mass is 16.5. The molecule has 1 N–H and O–H groups in total. The first-order valence-corrected chi connectivity index (χ1v) is 7.01. The van der Waals surface area contributed by atoms with Crippen LogP contribution in [-0.4, -0.2) is 20.2 Å². The molecule has 1 aromatic carbocycles. The average Bonchev–Trinajstić information content (AvgIpc) is 2.53. The summed E-state index contributed by atoms with van der Waals surface area (Å²) in [5.74, 6) is 1.75. The SMILES string of the molecule is COc1ccc2[nH+]c(N3CCCCC3)c(C#N)cc2c1. The van der Waals surface area contributed by atoms with Crippen LogP contribution in [-0.2, 0) is 0 Å². The fourth-order valence-corrected chi connectivity index (χ4v) is 2.77. The number of nitrogens with one attached hydrogen (secondary N) is 1. The number of H-pyrrole nitrogens is 1. The summed E-state index contributed by atoms with van der Waals surface area (Å²) in [6.45, 7) is 2.04. The van der Waals surface area contributed by atoms with Crippen LogP contribution in [0.4, 0.5) is 5.82 Å². The molecule has 4 heteroatoms. The molecule has 3 rings (SSSR count). The molecule has 0 radical (unpaired) electrons. The largest absolute Gasteiger partial charge is 0.497 e. The topological polar surface area (TPSA) is 50.4 Å². The van der Waals surface area contributed by atoms with E-state index in [1.54, 1.807) is 7.11 Å². The van der Waals surface area contributed by atoms with Gasteiger partial charge in [-0.2, -0.15) is 5.26 Å². The van der Waals surface area contributed by atoms with Gasteiger partial charge in [0.15, 0.2) is 0 Å². The molecule has 1 fully saturated rings. The van der Waals surface area contributed by atoms with Crippen molar-refractivity contribution in [2.75, 3.05) is 25.1 Å². The van der Waals surface area contributed by atoms with Crippen LogP contribution >= 0.6 is 0 Å². The Morgan fingerprint density at radius 1 is 1.20 bits per heavy atom. The van der Waals surface area contributed by atoms with E-state index < -0.39 is 0 Å². The van der Waals surface area contributed by atoms with Crippen LogP contribution in [0, 0.1) is 11.3 Å². The van der Waals surface area contributed by atoms with Gasteiger partial charge in [-0.3, -0.25) is 4.90 Å². The number of piperidine rings is 1. The Labute approximate surface area is 118 Å². The zero-order valence-corrected chi connectivity index (χ0v) is 11.6. The lowest BCUT2D eigenvalue weighted by molar-refractivity contribution is -0.331. The molecule has 20 heavy (non-hydrogen) atoms. The number of hydrogen-bond acceptors (Lipinski definition) is 3. The molecule has 102 valence electrons. The standard InChI is InChI=1S/C16H17N3O/c1-20-14-5-6-15-12(10-14)9-13(11-17)16(18-15)19-7-3-2-4-8-19/h5-6,9-10H,2-4,7-8H2,1H3/p+1. The Bertz CT molecular complexity index is 669. The summed E-state index contributed by atoms with van der Waals surface area (Å²) in [5.41, 5.74) is 1.73. The Kier molecular flexibility index (Phi) is 3.42. The number of anilines is 1. The quantitative estimate of drug-likeness (QED) is 0.841. The highest BCUT2D eigenvalue weighted by molar-refractivity contribution is 5.80. The maximum absolute atomic E-state index is 9.41. The molecule has 0 atom stereocenters. The van der Waals surface area contributed by atoms with E-state index in [0.717, 1.165) is 35.6 Å². The van der Waals surface area contributed by atoms with Crippen molar-refractivity contribution >= 4 is 16.7 Å². The number of nitriles is 1. The Morgan fingerprint density at radius 2 is 2.00 bits per heavy atom. The molecule has 2 aromatic rings. The van der Waals surface area contributed by atoms with Crippen molar-refractivity contribution < 1.29 is 9.72 Å². The fourth-order valence-electron chi connectivity index (χ4n) is 2.77. The maximum atomic E-state index is 9.41. The van der Waals surface area contributed by atoms with Crippen LogP contribution in [0.15, 0.2) is 24.3 Å². The van der Waals surface area contributed by atoms with E-state index in [0.29, 0.717) is 5.56 Å². The van der Waals surface area contributed by atoms with Gasteiger partial charge in [0.1, 0.15) is 22.9 Å². The maximum Gasteiger partial charge on any atom is 0.293 e. The minimum Gasteiger partial charge on any atom is -0.497 e. The smallest absolute Gasteiger partial charge is 0.293 e. The third-order valence-corrected chi connectivity index (χ3v) is 3.86. The van der Waals surface area contributed by atoms with E-state index >= 15 is 0 Å². The van der Waals surface area contributed by atoms with Crippen LogP contribution in [0.25, 0.3) is 10.9 Å². The lowest BCUT2D eigenvalue weighted by atomic mass is 10.1. The van der Waals surface area contributed by atoms with Gasteiger partial charge in [-0.15, -0.1) is 0 Å². The fraction of sp³-hybridized carbons (Fsp3) is 0.375. The first kappa shape index (κ1) is 12.7. The molecule has 0 unspecified atom stereocenters. The second-order valence-electron chi connectivity index (χ2n) is 5.14. The number of rotatable bonds is 2. The van der Waals surface area contributed by atoms with Gasteiger partial charge in [0.25, 0.3) is 5.82 Å². The molecule has 0 amide bonds. The molecule has 0 spiro atoms. The molecular weight excluding hydrogens is 250 g/mol. The Balaban J connectivity index is 2.09. The van der Waals surface area contributed by atoms with Crippen LogP contribution in [0.5, 0.6) is 5.75 Å². The van der Waals surface area contributed by atoms with E-state index in [4.69, 9.17) is 4.74 Å². The van der Waals surface area contributed by atoms with Gasteiger partial charge in [-0.1, -0.05) is 0 Å². The molecule has 0 bridgehead atoms. The number of aromatic amines is 1. The van der Waals surface area contributed by atoms with Crippen molar-refractivity contribution in [3.05, 3.63) is 29.8 Å². The molecule has 1 aliphatic rings. The normalized spacial score (nSPS) is 15.1. The molecule has 1 aliphatic heterocycles. The van der Waals surface area contributed by atoms with Crippen molar-refractivity contribution in [3.63, 3.8) is 0 Å². The van der Waals surface area contributed by atoms with Gasteiger partial charge in [-0.05, 0) is 43.5 Å². The number of benzene rings is 1. The van der Waals surface area contributed by atoms with E-state index in [1.165, 1.54) is 19.3 Å². The highest BCUT2D eigenvalue weighted by Crippen LogP contribution is 2.24. The van der Waals surface area contributed by atoms with Gasteiger partial charge in [-0.25, -0.2) is 4.98 Å². The number of pyridine rings is 1. The average molecular weight is 268 g/mol. The zero-order valence-electron chi connectivity index (χ0n) is 11.6. The number of hydrogen-bond donors (Lipinski definition) is 0. The van der Waals surface area contributed by atoms with Gasteiger partial charge in [0.05, 0.1) is 20.2 Å². The van der Waals surface area contributed by atoms with Crippen LogP contribution in [0.2, 0.25) is 0 Å². The van der Waals surface area contributed by atoms with Crippen LogP contribution in [0.3, 0.4) is 0 Å². The number of nitrogens with zero attached hydrogens (tertiary/aromatic N) is 2. The first-order valence-electron chi connectivity index (χ1n) is 7.01. The minimum atomic E-state index is 0.702. The lowest BCUT2D eigenvalue weighted by Crippen LogP contribution is -2.35. The number of aromatic nitrogens is 1. The second kappa shape index (κ2) is 5.38. The summed E-state index contributed by atoms with van der Waals surface area (Å²) in [6.07, 6.45) is 3.67. The third-order valence-electron chi connectivity index (χ3n) is 3.86. The third kappa shape index (κ3) is 2.27. The monoisotopic (exact) mass is 268 g/mol. The van der Waals surface area contributed by atoms with E-state index in [1.807, 2.05) is 24.3 Å². The summed E-state index contributed by atoms with van der Waals surface area (Å²) in [5, 5.41) is 10.4. The number of ether oxygens (including phenoxy) is 1. The van der Waals surface area contributed by atoms with Crippen LogP contribution in [0.1, 0.15) is 24.8 Å². The first-order chi connectivity index (χ1) is 9.81. The molecule has 0 aliphatic carbocycles. The molecule has 1 aromatic heterocycles. The van der Waals surface area contributed by atoms with Crippen molar-refractivity contribution in [2.45, 2.75) is 19.3 Å². The van der Waals surface area contributed by atoms with Crippen molar-refractivity contribution in [1.29, 1.82) is 5.26 Å². The van der Waals surface area contributed by atoms with Crippen molar-refractivity contribution in [3.8, 4) is 11.8 Å². The van der Waals surface area contributed by atoms with Gasteiger partial charge >= 0.3 is 0 Å². The summed E-state index contributed by atoms with van der Waals surface area (Å²) in [6, 6.07) is 10.1. The van der Waals surface area contributed by atoms with Gasteiger partial charge in [0, 0.05) is 5.39 Å². The summed E-state index contributed by atoms with van der Waals surface area (Å²) in [7, 11) is 1.65. The number of fused-ring (bicyclic) bond motifs is 1. The van der Waals surface area contributed by atoms with Gasteiger partial charge in [0.2, 0.25) is 0 Å². The molecule has 1 saturated heterocycles.